The first-order chi connectivity index (χ1) is 16.3. The van der Waals surface area contributed by atoms with Crippen molar-refractivity contribution in [3.63, 3.8) is 0 Å². The third-order valence-electron chi connectivity index (χ3n) is 5.79. The van der Waals surface area contributed by atoms with Crippen molar-refractivity contribution in [2.45, 2.75) is 33.4 Å². The predicted molar refractivity (Wildman–Crippen MR) is 129 cm³/mol. The number of fused-ring (bicyclic) bond motifs is 1. The van der Waals surface area contributed by atoms with E-state index in [1.165, 1.54) is 6.92 Å². The Bertz CT molecular complexity index is 1370. The number of carboxylic acid groups (broad SMARTS) is 1. The summed E-state index contributed by atoms with van der Waals surface area (Å²) in [6.07, 6.45) is -0.956. The fourth-order valence-corrected chi connectivity index (χ4v) is 3.95. The molecule has 7 nitrogen and oxygen atoms in total. The highest BCUT2D eigenvalue weighted by atomic mass is 16.5. The van der Waals surface area contributed by atoms with E-state index in [4.69, 9.17) is 19.6 Å². The average Bonchev–Trinajstić information content (AvgIpc) is 3.09. The van der Waals surface area contributed by atoms with Crippen LogP contribution in [0, 0.1) is 13.8 Å². The van der Waals surface area contributed by atoms with Crippen molar-refractivity contribution in [3.8, 4) is 11.5 Å². The van der Waals surface area contributed by atoms with Gasteiger partial charge in [0, 0.05) is 28.9 Å². The maximum atomic E-state index is 13.5. The van der Waals surface area contributed by atoms with Crippen molar-refractivity contribution in [1.29, 1.82) is 0 Å². The second-order valence-corrected chi connectivity index (χ2v) is 8.17. The van der Waals surface area contributed by atoms with Crippen LogP contribution in [-0.2, 0) is 11.3 Å². The van der Waals surface area contributed by atoms with Crippen LogP contribution in [0.3, 0.4) is 0 Å². The summed E-state index contributed by atoms with van der Waals surface area (Å²) in [6.45, 7) is 5.77. The summed E-state index contributed by atoms with van der Waals surface area (Å²) in [7, 11) is 1.59. The van der Waals surface area contributed by atoms with Gasteiger partial charge in [0.25, 0.3) is 0 Å². The number of hydrogen-bond acceptors (Lipinski definition) is 5. The van der Waals surface area contributed by atoms with Crippen LogP contribution in [-0.4, -0.2) is 39.6 Å². The fraction of sp³-hybridized carbons (Fsp3) is 0.222. The molecule has 4 aromatic rings. The van der Waals surface area contributed by atoms with Crippen LogP contribution >= 0.6 is 0 Å². The fourth-order valence-electron chi connectivity index (χ4n) is 3.95. The molecule has 2 aromatic heterocycles. The van der Waals surface area contributed by atoms with E-state index in [1.54, 1.807) is 37.4 Å². The second kappa shape index (κ2) is 9.39. The van der Waals surface area contributed by atoms with Crippen molar-refractivity contribution in [1.82, 2.24) is 9.55 Å². The van der Waals surface area contributed by atoms with E-state index in [2.05, 4.69) is 0 Å². The van der Waals surface area contributed by atoms with Crippen molar-refractivity contribution in [2.24, 2.45) is 0 Å². The third kappa shape index (κ3) is 4.50. The Morgan fingerprint density at radius 1 is 1.03 bits per heavy atom. The van der Waals surface area contributed by atoms with Gasteiger partial charge in [-0.1, -0.05) is 12.1 Å². The van der Waals surface area contributed by atoms with Gasteiger partial charge in [-0.05, 0) is 74.9 Å². The molecule has 0 bridgehead atoms. The van der Waals surface area contributed by atoms with Crippen molar-refractivity contribution in [2.75, 3.05) is 7.11 Å². The molecular weight excluding hydrogens is 432 g/mol. The second-order valence-electron chi connectivity index (χ2n) is 8.17. The van der Waals surface area contributed by atoms with Crippen LogP contribution in [0.15, 0.2) is 60.7 Å². The van der Waals surface area contributed by atoms with E-state index < -0.39 is 12.1 Å². The molecule has 2 aromatic carbocycles. The van der Waals surface area contributed by atoms with Crippen LogP contribution in [0.2, 0.25) is 0 Å². The lowest BCUT2D eigenvalue weighted by molar-refractivity contribution is -0.144. The number of aliphatic carboxylic acids is 1. The lowest BCUT2D eigenvalue weighted by Crippen LogP contribution is -2.22. The molecule has 0 aliphatic heterocycles. The molecule has 0 aliphatic carbocycles. The summed E-state index contributed by atoms with van der Waals surface area (Å²) in [5.74, 6) is 0.0495. The molecule has 174 valence electrons. The normalized spacial score (nSPS) is 11.9. The minimum Gasteiger partial charge on any atom is -0.497 e. The Balaban J connectivity index is 1.75. The van der Waals surface area contributed by atoms with Gasteiger partial charge in [-0.2, -0.15) is 0 Å². The molecule has 2 heterocycles. The van der Waals surface area contributed by atoms with Crippen molar-refractivity contribution < 1.29 is 24.2 Å². The number of rotatable bonds is 8. The number of benzene rings is 2. The maximum absolute atomic E-state index is 13.5. The molecule has 4 rings (SSSR count). The van der Waals surface area contributed by atoms with E-state index in [-0.39, 0.29) is 5.78 Å². The van der Waals surface area contributed by atoms with E-state index in [0.717, 1.165) is 28.0 Å². The molecule has 0 fully saturated rings. The molecule has 0 saturated carbocycles. The first kappa shape index (κ1) is 23.0. The molecule has 1 N–H and O–H groups in total. The molecule has 1 atom stereocenters. The molecule has 0 radical (unpaired) electrons. The number of hydrogen-bond donors (Lipinski definition) is 1. The molecule has 0 unspecified atom stereocenters. The Morgan fingerprint density at radius 3 is 2.44 bits per heavy atom. The van der Waals surface area contributed by atoms with Crippen molar-refractivity contribution >= 4 is 22.8 Å². The first-order valence-electron chi connectivity index (χ1n) is 10.9. The summed E-state index contributed by atoms with van der Waals surface area (Å²) in [6, 6.07) is 18.2. The van der Waals surface area contributed by atoms with E-state index in [0.29, 0.717) is 29.2 Å². The Labute approximate surface area is 197 Å². The number of ether oxygens (including phenoxy) is 2. The number of nitrogens with zero attached hydrogens (tertiary/aromatic N) is 2. The molecule has 0 amide bonds. The molecular formula is C27H26N2O5. The highest BCUT2D eigenvalue weighted by Crippen LogP contribution is 2.29. The maximum Gasteiger partial charge on any atom is 0.344 e. The predicted octanol–water partition coefficient (Wildman–Crippen LogP) is 4.79. The lowest BCUT2D eigenvalue weighted by atomic mass is 10.0. The van der Waals surface area contributed by atoms with E-state index in [1.807, 2.05) is 48.7 Å². The number of carboxylic acids is 1. The van der Waals surface area contributed by atoms with Gasteiger partial charge in [0.05, 0.1) is 12.7 Å². The van der Waals surface area contributed by atoms with Gasteiger partial charge < -0.3 is 19.1 Å². The number of carbonyl (C=O) groups is 2. The zero-order valence-corrected chi connectivity index (χ0v) is 19.5. The van der Waals surface area contributed by atoms with Gasteiger partial charge in [0.1, 0.15) is 17.1 Å². The molecule has 34 heavy (non-hydrogen) atoms. The van der Waals surface area contributed by atoms with E-state index in [9.17, 15) is 9.59 Å². The smallest absolute Gasteiger partial charge is 0.344 e. The van der Waals surface area contributed by atoms with Gasteiger partial charge in [-0.25, -0.2) is 9.78 Å². The van der Waals surface area contributed by atoms with Gasteiger partial charge in [0.15, 0.2) is 11.9 Å². The third-order valence-corrected chi connectivity index (χ3v) is 5.79. The topological polar surface area (TPSA) is 90.7 Å². The van der Waals surface area contributed by atoms with Gasteiger partial charge in [0.2, 0.25) is 0 Å². The highest BCUT2D eigenvalue weighted by Gasteiger charge is 2.22. The summed E-state index contributed by atoms with van der Waals surface area (Å²) < 4.78 is 12.7. The zero-order chi connectivity index (χ0) is 24.4. The summed E-state index contributed by atoms with van der Waals surface area (Å²) in [5, 5.41) is 9.92. The highest BCUT2D eigenvalue weighted by molar-refractivity contribution is 6.17. The molecule has 0 saturated heterocycles. The Morgan fingerprint density at radius 2 is 1.76 bits per heavy atom. The first-order valence-corrected chi connectivity index (χ1v) is 10.9. The largest absolute Gasteiger partial charge is 0.497 e. The molecule has 0 aliphatic rings. The number of aromatic nitrogens is 2. The SMILES string of the molecule is COc1ccc(C(=O)c2c(C)n(Cc3cccc(O[C@H](C)C(=O)O)c3)c3nc(C)ccc23)cc1. The molecule has 7 heteroatoms. The number of ketones is 1. The van der Waals surface area contributed by atoms with Crippen LogP contribution in [0.1, 0.15) is 39.8 Å². The van der Waals surface area contributed by atoms with Crippen LogP contribution in [0.5, 0.6) is 11.5 Å². The van der Waals surface area contributed by atoms with Gasteiger partial charge in [-0.15, -0.1) is 0 Å². The zero-order valence-electron chi connectivity index (χ0n) is 19.5. The number of carbonyl (C=O) groups excluding carboxylic acids is 1. The minimum atomic E-state index is -1.03. The van der Waals surface area contributed by atoms with Crippen LogP contribution < -0.4 is 9.47 Å². The minimum absolute atomic E-state index is 0.0816. The van der Waals surface area contributed by atoms with Gasteiger partial charge >= 0.3 is 5.97 Å². The Hall–Kier alpha value is -4.13. The average molecular weight is 459 g/mol. The number of pyridine rings is 1. The summed E-state index contributed by atoms with van der Waals surface area (Å²) in [4.78, 5) is 29.4. The monoisotopic (exact) mass is 458 g/mol. The number of methoxy groups -OCH3 is 1. The van der Waals surface area contributed by atoms with Gasteiger partial charge in [-0.3, -0.25) is 4.79 Å². The summed E-state index contributed by atoms with van der Waals surface area (Å²) >= 11 is 0. The van der Waals surface area contributed by atoms with E-state index >= 15 is 0 Å². The van der Waals surface area contributed by atoms with Crippen molar-refractivity contribution in [3.05, 3.63) is 88.7 Å². The standard InChI is InChI=1S/C27H26N2O5/c1-16-8-13-23-24(25(30)20-9-11-21(33-4)12-10-20)17(2)29(26(23)28-16)15-19-6-5-7-22(14-19)34-18(3)27(31)32/h5-14,18H,15H2,1-4H3,(H,31,32)/t18-/m1/s1. The lowest BCUT2D eigenvalue weighted by Gasteiger charge is -2.13. The van der Waals surface area contributed by atoms with Crippen LogP contribution in [0.4, 0.5) is 0 Å². The summed E-state index contributed by atoms with van der Waals surface area (Å²) in [5.41, 5.74) is 4.46. The quantitative estimate of drug-likeness (QED) is 0.382. The number of aryl methyl sites for hydroxylation is 1. The Kier molecular flexibility index (Phi) is 6.36. The van der Waals surface area contributed by atoms with Crippen LogP contribution in [0.25, 0.3) is 11.0 Å². The molecule has 0 spiro atoms.